The number of nitriles is 1. The number of rotatable bonds is 3. The predicted molar refractivity (Wildman–Crippen MR) is 79.1 cm³/mol. The van der Waals surface area contributed by atoms with Gasteiger partial charge < -0.3 is 0 Å². The van der Waals surface area contributed by atoms with Crippen LogP contribution in [0.2, 0.25) is 5.02 Å². The molecular formula is C15H11BrClN. The second-order valence-corrected chi connectivity index (χ2v) is 5.16. The van der Waals surface area contributed by atoms with Crippen molar-refractivity contribution in [1.29, 1.82) is 5.26 Å². The van der Waals surface area contributed by atoms with Gasteiger partial charge in [-0.15, -0.1) is 0 Å². The van der Waals surface area contributed by atoms with Crippen LogP contribution >= 0.6 is 27.5 Å². The highest BCUT2D eigenvalue weighted by molar-refractivity contribution is 9.09. The number of hydrogen-bond donors (Lipinski definition) is 0. The molecule has 2 rings (SSSR count). The summed E-state index contributed by atoms with van der Waals surface area (Å²) in [5.74, 6) is 0. The van der Waals surface area contributed by atoms with E-state index in [0.29, 0.717) is 10.6 Å². The lowest BCUT2D eigenvalue weighted by molar-refractivity contribution is 1.17. The number of benzene rings is 2. The molecule has 0 N–H and O–H groups in total. The smallest absolute Gasteiger partial charge is 0.0991 e. The summed E-state index contributed by atoms with van der Waals surface area (Å²) in [5.41, 5.74) is 4.02. The minimum atomic E-state index is 0.670. The Bertz CT molecular complexity index is 602. The van der Waals surface area contributed by atoms with Gasteiger partial charge in [-0.3, -0.25) is 0 Å². The molecule has 0 atom stereocenters. The van der Waals surface area contributed by atoms with Crippen LogP contribution in [0.1, 0.15) is 11.1 Å². The summed E-state index contributed by atoms with van der Waals surface area (Å²) >= 11 is 9.48. The number of nitrogens with zero attached hydrogens (tertiary/aromatic N) is 1. The summed E-state index contributed by atoms with van der Waals surface area (Å²) in [6.07, 6.45) is 0.924. The fraction of sp³-hybridized carbons (Fsp3) is 0.133. The molecule has 0 aliphatic rings. The molecule has 0 heterocycles. The van der Waals surface area contributed by atoms with Crippen molar-refractivity contribution in [2.75, 3.05) is 5.33 Å². The van der Waals surface area contributed by atoms with Crippen molar-refractivity contribution in [3.05, 3.63) is 58.6 Å². The van der Waals surface area contributed by atoms with E-state index in [1.54, 1.807) is 0 Å². The molecule has 0 fully saturated rings. The van der Waals surface area contributed by atoms with E-state index in [1.807, 2.05) is 42.5 Å². The zero-order valence-electron chi connectivity index (χ0n) is 9.66. The fourth-order valence-electron chi connectivity index (χ4n) is 1.89. The third-order valence-electron chi connectivity index (χ3n) is 2.74. The van der Waals surface area contributed by atoms with Crippen molar-refractivity contribution in [2.45, 2.75) is 6.42 Å². The van der Waals surface area contributed by atoms with Crippen molar-refractivity contribution in [2.24, 2.45) is 0 Å². The van der Waals surface area contributed by atoms with Crippen molar-refractivity contribution >= 4 is 27.5 Å². The van der Waals surface area contributed by atoms with Gasteiger partial charge in [0.05, 0.1) is 11.6 Å². The molecule has 1 nitrogen and oxygen atoms in total. The van der Waals surface area contributed by atoms with E-state index in [2.05, 4.69) is 22.0 Å². The Hall–Kier alpha value is -1.30. The third-order valence-corrected chi connectivity index (χ3v) is 3.37. The van der Waals surface area contributed by atoms with Gasteiger partial charge in [0.1, 0.15) is 0 Å². The van der Waals surface area contributed by atoms with E-state index in [-0.39, 0.29) is 0 Å². The van der Waals surface area contributed by atoms with Crippen LogP contribution in [-0.4, -0.2) is 5.33 Å². The second-order valence-electron chi connectivity index (χ2n) is 3.93. The molecule has 0 saturated heterocycles. The maximum absolute atomic E-state index is 9.00. The normalized spacial score (nSPS) is 10.1. The highest BCUT2D eigenvalue weighted by atomic mass is 79.9. The zero-order chi connectivity index (χ0) is 13.0. The number of aryl methyl sites for hydroxylation is 1. The Morgan fingerprint density at radius 3 is 2.67 bits per heavy atom. The molecule has 0 radical (unpaired) electrons. The first-order valence-corrected chi connectivity index (χ1v) is 7.09. The molecule has 18 heavy (non-hydrogen) atoms. The van der Waals surface area contributed by atoms with Crippen molar-refractivity contribution < 1.29 is 0 Å². The first-order chi connectivity index (χ1) is 8.74. The van der Waals surface area contributed by atoms with Gasteiger partial charge in [-0.05, 0) is 47.4 Å². The topological polar surface area (TPSA) is 23.8 Å². The molecule has 3 heteroatoms. The van der Waals surface area contributed by atoms with Crippen molar-refractivity contribution in [3.8, 4) is 17.2 Å². The summed E-state index contributed by atoms with van der Waals surface area (Å²) in [6.45, 7) is 0. The van der Waals surface area contributed by atoms with E-state index in [4.69, 9.17) is 16.9 Å². The molecule has 90 valence electrons. The van der Waals surface area contributed by atoms with Gasteiger partial charge in [0.2, 0.25) is 0 Å². The van der Waals surface area contributed by atoms with Crippen LogP contribution in [0.3, 0.4) is 0 Å². The average Bonchev–Trinajstić information content (AvgIpc) is 2.39. The molecule has 2 aromatic carbocycles. The Labute approximate surface area is 120 Å². The predicted octanol–water partition coefficient (Wildman–Crippen LogP) is 4.82. The molecule has 0 bridgehead atoms. The number of alkyl halides is 1. The summed E-state index contributed by atoms with van der Waals surface area (Å²) in [7, 11) is 0. The summed E-state index contributed by atoms with van der Waals surface area (Å²) in [5, 5.41) is 10.6. The highest BCUT2D eigenvalue weighted by Crippen LogP contribution is 2.27. The number of hydrogen-bond acceptors (Lipinski definition) is 1. The molecule has 0 unspecified atom stereocenters. The van der Waals surface area contributed by atoms with Gasteiger partial charge in [0, 0.05) is 10.4 Å². The van der Waals surface area contributed by atoms with Gasteiger partial charge in [-0.1, -0.05) is 45.7 Å². The van der Waals surface area contributed by atoms with E-state index in [1.165, 1.54) is 5.56 Å². The molecule has 0 aliphatic carbocycles. The van der Waals surface area contributed by atoms with Crippen LogP contribution in [0, 0.1) is 11.3 Å². The third kappa shape index (κ3) is 2.93. The lowest BCUT2D eigenvalue weighted by atomic mass is 9.96. The Morgan fingerprint density at radius 1 is 1.17 bits per heavy atom. The highest BCUT2D eigenvalue weighted by Gasteiger charge is 2.06. The Morgan fingerprint density at radius 2 is 2.00 bits per heavy atom. The van der Waals surface area contributed by atoms with Gasteiger partial charge in [0.25, 0.3) is 0 Å². The maximum Gasteiger partial charge on any atom is 0.0991 e. The summed E-state index contributed by atoms with van der Waals surface area (Å²) in [6, 6.07) is 15.7. The SMILES string of the molecule is N#Cc1ccc(CCBr)c(-c2cccc(Cl)c2)c1. The first-order valence-electron chi connectivity index (χ1n) is 5.59. The molecule has 0 amide bonds. The van der Waals surface area contributed by atoms with Crippen molar-refractivity contribution in [3.63, 3.8) is 0 Å². The monoisotopic (exact) mass is 319 g/mol. The van der Waals surface area contributed by atoms with Crippen molar-refractivity contribution in [1.82, 2.24) is 0 Å². The molecule has 0 saturated carbocycles. The van der Waals surface area contributed by atoms with E-state index in [9.17, 15) is 0 Å². The van der Waals surface area contributed by atoms with Crippen LogP contribution in [0.5, 0.6) is 0 Å². The minimum Gasteiger partial charge on any atom is -0.192 e. The molecule has 0 aromatic heterocycles. The summed E-state index contributed by atoms with van der Waals surface area (Å²) in [4.78, 5) is 0. The van der Waals surface area contributed by atoms with Crippen LogP contribution in [-0.2, 0) is 6.42 Å². The van der Waals surface area contributed by atoms with Crippen LogP contribution in [0.15, 0.2) is 42.5 Å². The first kappa shape index (κ1) is 13.1. The Balaban J connectivity index is 2.56. The van der Waals surface area contributed by atoms with Gasteiger partial charge in [-0.25, -0.2) is 0 Å². The minimum absolute atomic E-state index is 0.670. The maximum atomic E-state index is 9.00. The van der Waals surface area contributed by atoms with E-state index < -0.39 is 0 Å². The molecule has 0 spiro atoms. The Kier molecular flexibility index (Phi) is 4.41. The molecular weight excluding hydrogens is 310 g/mol. The van der Waals surface area contributed by atoms with Crippen LogP contribution in [0.4, 0.5) is 0 Å². The van der Waals surface area contributed by atoms with Crippen LogP contribution in [0.25, 0.3) is 11.1 Å². The fourth-order valence-corrected chi connectivity index (χ4v) is 2.51. The van der Waals surface area contributed by atoms with Gasteiger partial charge >= 0.3 is 0 Å². The van der Waals surface area contributed by atoms with Crippen LogP contribution < -0.4 is 0 Å². The lowest BCUT2D eigenvalue weighted by Gasteiger charge is -2.09. The van der Waals surface area contributed by atoms with E-state index >= 15 is 0 Å². The average molecular weight is 321 g/mol. The zero-order valence-corrected chi connectivity index (χ0v) is 12.0. The second kappa shape index (κ2) is 6.04. The largest absolute Gasteiger partial charge is 0.192 e. The molecule has 2 aromatic rings. The standard InChI is InChI=1S/C15H11BrClN/c16-7-6-12-5-4-11(10-18)8-15(12)13-2-1-3-14(17)9-13/h1-5,8-9H,6-7H2. The van der Waals surface area contributed by atoms with E-state index in [0.717, 1.165) is 22.9 Å². The lowest BCUT2D eigenvalue weighted by Crippen LogP contribution is -1.92. The van der Waals surface area contributed by atoms with Gasteiger partial charge in [0.15, 0.2) is 0 Å². The number of halogens is 2. The quantitative estimate of drug-likeness (QED) is 0.744. The van der Waals surface area contributed by atoms with Gasteiger partial charge in [-0.2, -0.15) is 5.26 Å². The molecule has 0 aliphatic heterocycles. The summed E-state index contributed by atoms with van der Waals surface area (Å²) < 4.78 is 0.